The number of carbonyl (C=O) groups excluding carboxylic acids is 2. The first-order valence-electron chi connectivity index (χ1n) is 11.8. The largest absolute Gasteiger partial charge is 0.418 e. The molecule has 1 aromatic carbocycles. The van der Waals surface area contributed by atoms with E-state index in [0.29, 0.717) is 5.56 Å². The zero-order chi connectivity index (χ0) is 31.7. The van der Waals surface area contributed by atoms with Gasteiger partial charge in [0.25, 0.3) is 11.8 Å². The number of alkyl halides is 6. The number of nitrogens with one attached hydrogen (secondary N) is 3. The Kier molecular flexibility index (Phi) is 8.31. The molecule has 0 saturated carbocycles. The average Bonchev–Trinajstić information content (AvgIpc) is 3.36. The zero-order valence-electron chi connectivity index (χ0n) is 21.8. The van der Waals surface area contributed by atoms with Crippen LogP contribution >= 0.6 is 11.6 Å². The molecule has 0 fully saturated rings. The van der Waals surface area contributed by atoms with Crippen LogP contribution in [0, 0.1) is 18.3 Å². The van der Waals surface area contributed by atoms with E-state index in [2.05, 4.69) is 31.0 Å². The zero-order valence-corrected chi connectivity index (χ0v) is 22.6. The minimum atomic E-state index is -5.36. The van der Waals surface area contributed by atoms with Gasteiger partial charge in [-0.3, -0.25) is 9.59 Å². The molecule has 0 aliphatic rings. The third-order valence-corrected chi connectivity index (χ3v) is 6.12. The van der Waals surface area contributed by atoms with Crippen LogP contribution in [0.3, 0.4) is 0 Å². The highest BCUT2D eigenvalue weighted by molar-refractivity contribution is 6.32. The normalized spacial score (nSPS) is 11.5. The van der Waals surface area contributed by atoms with Crippen LogP contribution in [-0.4, -0.2) is 38.6 Å². The van der Waals surface area contributed by atoms with Crippen molar-refractivity contribution >= 4 is 40.7 Å². The Labute approximate surface area is 243 Å². The van der Waals surface area contributed by atoms with Crippen LogP contribution in [0.5, 0.6) is 0 Å². The van der Waals surface area contributed by atoms with Crippen LogP contribution in [0.1, 0.15) is 43.1 Å². The molecule has 2 amide bonds. The van der Waals surface area contributed by atoms with E-state index in [1.807, 2.05) is 6.07 Å². The van der Waals surface area contributed by atoms with Crippen LogP contribution in [0.2, 0.25) is 5.02 Å². The molecule has 10 nitrogen and oxygen atoms in total. The van der Waals surface area contributed by atoms with Crippen LogP contribution in [0.4, 0.5) is 43.7 Å². The minimum absolute atomic E-state index is 0.0128. The number of benzene rings is 1. The molecule has 4 rings (SSSR count). The van der Waals surface area contributed by atoms with E-state index >= 15 is 0 Å². The number of nitrogens with zero attached hydrogens (tertiary/aromatic N) is 5. The predicted octanol–water partition coefficient (Wildman–Crippen LogP) is 5.89. The van der Waals surface area contributed by atoms with Crippen molar-refractivity contribution in [2.45, 2.75) is 19.3 Å². The molecular formula is C26H17ClF6N8O2. The van der Waals surface area contributed by atoms with E-state index in [0.717, 1.165) is 10.7 Å². The molecule has 0 radical (unpaired) electrons. The standard InChI is InChI=1S/C26H17ClF6N8O2/c1-12-6-13(10-34)7-14(23(42)35-2)21(12)39-24(43)18-9-20(40-41(18)22-17(27)4-3-5-36-22)38-19-8-15(25(28,29)30)16(11-37-19)26(31,32)33/h3-9,11H,1-2H3,(H,35,42)(H,39,43)(H,37,38,40). The maximum atomic E-state index is 13.5. The Morgan fingerprint density at radius 2 is 1.67 bits per heavy atom. The van der Waals surface area contributed by atoms with Gasteiger partial charge < -0.3 is 16.0 Å². The highest BCUT2D eigenvalue weighted by atomic mass is 35.5. The van der Waals surface area contributed by atoms with Crippen LogP contribution in [0.25, 0.3) is 5.82 Å². The summed E-state index contributed by atoms with van der Waals surface area (Å²) in [7, 11) is 1.35. The third kappa shape index (κ3) is 6.51. The van der Waals surface area contributed by atoms with Crippen molar-refractivity contribution < 1.29 is 35.9 Å². The highest BCUT2D eigenvalue weighted by Crippen LogP contribution is 2.41. The number of halogens is 7. The molecule has 222 valence electrons. The molecule has 0 spiro atoms. The number of rotatable bonds is 6. The van der Waals surface area contributed by atoms with Gasteiger partial charge in [-0.2, -0.15) is 31.6 Å². The van der Waals surface area contributed by atoms with E-state index in [9.17, 15) is 41.2 Å². The lowest BCUT2D eigenvalue weighted by Crippen LogP contribution is -2.24. The van der Waals surface area contributed by atoms with Gasteiger partial charge >= 0.3 is 12.4 Å². The van der Waals surface area contributed by atoms with Gasteiger partial charge in [0.15, 0.2) is 11.6 Å². The fraction of sp³-hybridized carbons (Fsp3) is 0.154. The monoisotopic (exact) mass is 622 g/mol. The van der Waals surface area contributed by atoms with Crippen LogP contribution in [0.15, 0.2) is 48.8 Å². The number of aromatic nitrogens is 4. The number of carbonyl (C=O) groups is 2. The van der Waals surface area contributed by atoms with Crippen molar-refractivity contribution in [1.82, 2.24) is 25.1 Å². The topological polar surface area (TPSA) is 138 Å². The van der Waals surface area contributed by atoms with Gasteiger partial charge in [-0.25, -0.2) is 14.6 Å². The second-order valence-electron chi connectivity index (χ2n) is 8.73. The summed E-state index contributed by atoms with van der Waals surface area (Å²) >= 11 is 6.24. The summed E-state index contributed by atoms with van der Waals surface area (Å²) in [6.45, 7) is 1.54. The first-order valence-corrected chi connectivity index (χ1v) is 12.2. The number of pyridine rings is 2. The number of nitriles is 1. The summed E-state index contributed by atoms with van der Waals surface area (Å²) in [5, 5.41) is 20.8. The van der Waals surface area contributed by atoms with E-state index in [1.54, 1.807) is 0 Å². The number of aryl methyl sites for hydroxylation is 1. The van der Waals surface area contributed by atoms with Crippen LogP contribution < -0.4 is 16.0 Å². The molecule has 4 aromatic rings. The molecule has 3 N–H and O–H groups in total. The summed E-state index contributed by atoms with van der Waals surface area (Å²) in [4.78, 5) is 33.6. The van der Waals surface area contributed by atoms with Gasteiger partial charge in [0.1, 0.15) is 11.5 Å². The third-order valence-electron chi connectivity index (χ3n) is 5.83. The molecule has 43 heavy (non-hydrogen) atoms. The van der Waals surface area contributed by atoms with Crippen LogP contribution in [-0.2, 0) is 12.4 Å². The van der Waals surface area contributed by atoms with E-state index in [1.165, 1.54) is 44.4 Å². The molecule has 3 aromatic heterocycles. The van der Waals surface area contributed by atoms with Crippen molar-refractivity contribution in [3.8, 4) is 11.9 Å². The first-order chi connectivity index (χ1) is 20.1. The Balaban J connectivity index is 1.80. The average molecular weight is 623 g/mol. The fourth-order valence-electron chi connectivity index (χ4n) is 3.92. The molecule has 0 aliphatic heterocycles. The Bertz CT molecular complexity index is 1780. The molecule has 0 unspecified atom stereocenters. The van der Waals surface area contributed by atoms with Crippen molar-refractivity contribution in [2.75, 3.05) is 17.7 Å². The minimum Gasteiger partial charge on any atom is -0.355 e. The predicted molar refractivity (Wildman–Crippen MR) is 141 cm³/mol. The number of anilines is 3. The summed E-state index contributed by atoms with van der Waals surface area (Å²) in [6, 6.07) is 8.72. The molecule has 0 aliphatic carbocycles. The van der Waals surface area contributed by atoms with Gasteiger partial charge in [0.2, 0.25) is 0 Å². The van der Waals surface area contributed by atoms with Crippen molar-refractivity contribution in [2.24, 2.45) is 0 Å². The summed E-state index contributed by atoms with van der Waals surface area (Å²) in [5.74, 6) is -2.56. The number of hydrogen-bond donors (Lipinski definition) is 3. The van der Waals surface area contributed by atoms with Gasteiger partial charge in [-0.1, -0.05) is 11.6 Å². The second kappa shape index (κ2) is 11.6. The molecule has 0 atom stereocenters. The quantitative estimate of drug-likeness (QED) is 0.228. The summed E-state index contributed by atoms with van der Waals surface area (Å²) < 4.78 is 80.8. The maximum absolute atomic E-state index is 13.5. The Morgan fingerprint density at radius 1 is 0.977 bits per heavy atom. The van der Waals surface area contributed by atoms with E-state index in [4.69, 9.17) is 11.6 Å². The Hall–Kier alpha value is -5.17. The second-order valence-corrected chi connectivity index (χ2v) is 9.14. The SMILES string of the molecule is CNC(=O)c1cc(C#N)cc(C)c1NC(=O)c1cc(Nc2cc(C(F)(F)F)c(C(F)(F)F)cn2)nn1-c1ncccc1Cl. The summed E-state index contributed by atoms with van der Waals surface area (Å²) in [5.41, 5.74) is -3.77. The van der Waals surface area contributed by atoms with Gasteiger partial charge in [0, 0.05) is 25.5 Å². The van der Waals surface area contributed by atoms with Crippen molar-refractivity contribution in [1.29, 1.82) is 5.26 Å². The maximum Gasteiger partial charge on any atom is 0.418 e. The molecule has 17 heteroatoms. The molecule has 0 bridgehead atoms. The van der Waals surface area contributed by atoms with Crippen molar-refractivity contribution in [3.63, 3.8) is 0 Å². The number of hydrogen-bond acceptors (Lipinski definition) is 7. The summed E-state index contributed by atoms with van der Waals surface area (Å²) in [6.07, 6.45) is -9.34. The Morgan fingerprint density at radius 3 is 2.28 bits per heavy atom. The molecule has 0 saturated heterocycles. The lowest BCUT2D eigenvalue weighted by atomic mass is 10.0. The molecular weight excluding hydrogens is 606 g/mol. The first kappa shape index (κ1) is 30.8. The van der Waals surface area contributed by atoms with Gasteiger partial charge in [-0.15, -0.1) is 5.10 Å². The smallest absolute Gasteiger partial charge is 0.355 e. The van der Waals surface area contributed by atoms with Gasteiger partial charge in [0.05, 0.1) is 39.0 Å². The van der Waals surface area contributed by atoms with E-state index < -0.39 is 41.1 Å². The lowest BCUT2D eigenvalue weighted by molar-refractivity contribution is -0.162. The lowest BCUT2D eigenvalue weighted by Gasteiger charge is -2.16. The van der Waals surface area contributed by atoms with Crippen molar-refractivity contribution in [3.05, 3.63) is 87.3 Å². The fourth-order valence-corrected chi connectivity index (χ4v) is 4.12. The van der Waals surface area contributed by atoms with Gasteiger partial charge in [-0.05, 0) is 42.8 Å². The number of amides is 2. The highest BCUT2D eigenvalue weighted by Gasteiger charge is 2.43. The van der Waals surface area contributed by atoms with E-state index in [-0.39, 0.29) is 51.4 Å². The molecule has 3 heterocycles.